The van der Waals surface area contributed by atoms with E-state index in [0.29, 0.717) is 0 Å². The molecule has 0 bridgehead atoms. The maximum atomic E-state index is 3.37. The van der Waals surface area contributed by atoms with Crippen LogP contribution in [0.5, 0.6) is 0 Å². The highest BCUT2D eigenvalue weighted by molar-refractivity contribution is 4.80. The Hall–Kier alpha value is -0.120. The van der Waals surface area contributed by atoms with Gasteiger partial charge in [0.1, 0.15) is 0 Å². The predicted octanol–water partition coefficient (Wildman–Crippen LogP) is 1.01. The first kappa shape index (κ1) is 12.9. The average molecular weight is 213 g/mol. The van der Waals surface area contributed by atoms with Crippen LogP contribution in [-0.2, 0) is 0 Å². The number of likely N-dealkylation sites (tertiary alicyclic amines) is 1. The second-order valence-corrected chi connectivity index (χ2v) is 4.51. The van der Waals surface area contributed by atoms with Gasteiger partial charge in [0.2, 0.25) is 0 Å². The summed E-state index contributed by atoms with van der Waals surface area (Å²) in [5, 5.41) is 3.37. The van der Waals surface area contributed by atoms with Gasteiger partial charge in [-0.15, -0.1) is 0 Å². The van der Waals surface area contributed by atoms with Gasteiger partial charge in [0.15, 0.2) is 0 Å². The minimum atomic E-state index is 0.728. The smallest absolute Gasteiger partial charge is 0.0204 e. The number of hydrogen-bond acceptors (Lipinski definition) is 3. The highest BCUT2D eigenvalue weighted by Crippen LogP contribution is 2.08. The van der Waals surface area contributed by atoms with Gasteiger partial charge in [-0.2, -0.15) is 0 Å². The lowest BCUT2D eigenvalue weighted by molar-refractivity contribution is 0.231. The molecule has 0 aliphatic carbocycles. The molecule has 1 unspecified atom stereocenters. The molecule has 0 radical (unpaired) electrons. The molecule has 0 amide bonds. The first-order valence-electron chi connectivity index (χ1n) is 6.42. The lowest BCUT2D eigenvalue weighted by atomic mass is 10.3. The summed E-state index contributed by atoms with van der Waals surface area (Å²) in [4.78, 5) is 5.13. The normalized spacial score (nSPS) is 22.8. The Morgan fingerprint density at radius 2 is 2.13 bits per heavy atom. The summed E-state index contributed by atoms with van der Waals surface area (Å²) in [7, 11) is 2.07. The van der Waals surface area contributed by atoms with Crippen molar-refractivity contribution >= 4 is 0 Å². The molecule has 0 aromatic rings. The highest BCUT2D eigenvalue weighted by Gasteiger charge is 2.20. The molecule has 1 aliphatic rings. The number of hydrogen-bond donors (Lipinski definition) is 1. The summed E-state index contributed by atoms with van der Waals surface area (Å²) in [6.07, 6.45) is 2.59. The third kappa shape index (κ3) is 4.49. The number of rotatable bonds is 7. The fourth-order valence-corrected chi connectivity index (χ4v) is 2.30. The Morgan fingerprint density at radius 1 is 1.33 bits per heavy atom. The van der Waals surface area contributed by atoms with E-state index in [4.69, 9.17) is 0 Å². The van der Waals surface area contributed by atoms with E-state index < -0.39 is 0 Å². The maximum absolute atomic E-state index is 3.37. The molecule has 90 valence electrons. The van der Waals surface area contributed by atoms with E-state index >= 15 is 0 Å². The van der Waals surface area contributed by atoms with Crippen molar-refractivity contribution in [2.24, 2.45) is 0 Å². The minimum Gasteiger partial charge on any atom is -0.316 e. The van der Waals surface area contributed by atoms with Crippen molar-refractivity contribution in [3.63, 3.8) is 0 Å². The second kappa shape index (κ2) is 7.20. The average Bonchev–Trinajstić information content (AvgIpc) is 2.72. The van der Waals surface area contributed by atoms with E-state index in [2.05, 4.69) is 36.0 Å². The molecule has 1 rings (SSSR count). The molecule has 3 heteroatoms. The van der Waals surface area contributed by atoms with Crippen LogP contribution in [0.15, 0.2) is 0 Å². The molecular weight excluding hydrogens is 186 g/mol. The van der Waals surface area contributed by atoms with E-state index in [1.807, 2.05) is 0 Å². The molecule has 1 N–H and O–H groups in total. The topological polar surface area (TPSA) is 18.5 Å². The molecular formula is C12H27N3. The third-order valence-electron chi connectivity index (χ3n) is 3.40. The summed E-state index contributed by atoms with van der Waals surface area (Å²) < 4.78 is 0. The van der Waals surface area contributed by atoms with Gasteiger partial charge in [-0.05, 0) is 39.5 Å². The number of nitrogens with one attached hydrogen (secondary N) is 1. The van der Waals surface area contributed by atoms with Crippen molar-refractivity contribution < 1.29 is 0 Å². The van der Waals surface area contributed by atoms with Crippen LogP contribution in [-0.4, -0.2) is 62.2 Å². The number of nitrogens with zero attached hydrogens (tertiary/aromatic N) is 2. The van der Waals surface area contributed by atoms with Crippen molar-refractivity contribution in [3.8, 4) is 0 Å². The monoisotopic (exact) mass is 213 g/mol. The van der Waals surface area contributed by atoms with Gasteiger partial charge >= 0.3 is 0 Å². The van der Waals surface area contributed by atoms with Gasteiger partial charge in [0, 0.05) is 25.7 Å². The van der Waals surface area contributed by atoms with Crippen molar-refractivity contribution in [2.75, 3.05) is 46.3 Å². The Balaban J connectivity index is 2.13. The second-order valence-electron chi connectivity index (χ2n) is 4.51. The van der Waals surface area contributed by atoms with Gasteiger partial charge in [0.25, 0.3) is 0 Å². The molecule has 15 heavy (non-hydrogen) atoms. The summed E-state index contributed by atoms with van der Waals surface area (Å²) >= 11 is 0. The quantitative estimate of drug-likeness (QED) is 0.681. The predicted molar refractivity (Wildman–Crippen MR) is 66.3 cm³/mol. The lowest BCUT2D eigenvalue weighted by Crippen LogP contribution is -2.36. The first-order valence-corrected chi connectivity index (χ1v) is 6.42. The fraction of sp³-hybridized carbons (Fsp3) is 1.00. The number of likely N-dealkylation sites (N-methyl/N-ethyl adjacent to an activating group) is 2. The van der Waals surface area contributed by atoms with E-state index in [9.17, 15) is 0 Å². The van der Waals surface area contributed by atoms with Gasteiger partial charge in [-0.3, -0.25) is 0 Å². The minimum absolute atomic E-state index is 0.728. The van der Waals surface area contributed by atoms with E-state index in [1.165, 1.54) is 52.1 Å². The van der Waals surface area contributed by atoms with Gasteiger partial charge in [-0.1, -0.05) is 13.8 Å². The molecule has 1 fully saturated rings. The lowest BCUT2D eigenvalue weighted by Gasteiger charge is -2.23. The van der Waals surface area contributed by atoms with Crippen molar-refractivity contribution in [2.45, 2.75) is 32.7 Å². The van der Waals surface area contributed by atoms with Crippen molar-refractivity contribution in [1.82, 2.24) is 15.1 Å². The zero-order valence-electron chi connectivity index (χ0n) is 10.6. The molecule has 0 aromatic carbocycles. The Labute approximate surface area is 94.8 Å². The Kier molecular flexibility index (Phi) is 6.22. The van der Waals surface area contributed by atoms with Crippen LogP contribution in [0.25, 0.3) is 0 Å². The third-order valence-corrected chi connectivity index (χ3v) is 3.40. The standard InChI is InChI=1S/C12H27N3/c1-4-7-14(5-2)9-10-15-8-6-12(11-15)13-3/h12-13H,4-11H2,1-3H3. The summed E-state index contributed by atoms with van der Waals surface area (Å²) in [6, 6.07) is 0.728. The molecule has 0 spiro atoms. The van der Waals surface area contributed by atoms with E-state index in [1.54, 1.807) is 0 Å². The molecule has 1 saturated heterocycles. The highest BCUT2D eigenvalue weighted by atomic mass is 15.2. The largest absolute Gasteiger partial charge is 0.316 e. The van der Waals surface area contributed by atoms with Gasteiger partial charge < -0.3 is 15.1 Å². The molecule has 3 nitrogen and oxygen atoms in total. The van der Waals surface area contributed by atoms with Crippen LogP contribution in [0.4, 0.5) is 0 Å². The van der Waals surface area contributed by atoms with Gasteiger partial charge in [0.05, 0.1) is 0 Å². The van der Waals surface area contributed by atoms with Crippen LogP contribution < -0.4 is 5.32 Å². The van der Waals surface area contributed by atoms with Crippen LogP contribution in [0, 0.1) is 0 Å². The van der Waals surface area contributed by atoms with Crippen LogP contribution in [0.1, 0.15) is 26.7 Å². The summed E-state index contributed by atoms with van der Waals surface area (Å²) in [5.74, 6) is 0. The summed E-state index contributed by atoms with van der Waals surface area (Å²) in [6.45, 7) is 11.9. The van der Waals surface area contributed by atoms with Crippen molar-refractivity contribution in [1.29, 1.82) is 0 Å². The fourth-order valence-electron chi connectivity index (χ4n) is 2.30. The van der Waals surface area contributed by atoms with E-state index in [0.717, 1.165) is 6.04 Å². The van der Waals surface area contributed by atoms with Crippen LogP contribution in [0.2, 0.25) is 0 Å². The zero-order chi connectivity index (χ0) is 11.1. The van der Waals surface area contributed by atoms with Crippen LogP contribution in [0.3, 0.4) is 0 Å². The SMILES string of the molecule is CCCN(CC)CCN1CCC(NC)C1. The maximum Gasteiger partial charge on any atom is 0.0204 e. The molecule has 1 aliphatic heterocycles. The van der Waals surface area contributed by atoms with Crippen LogP contribution >= 0.6 is 0 Å². The molecule has 0 aromatic heterocycles. The van der Waals surface area contributed by atoms with Crippen molar-refractivity contribution in [3.05, 3.63) is 0 Å². The molecule has 1 heterocycles. The molecule has 0 saturated carbocycles. The van der Waals surface area contributed by atoms with Gasteiger partial charge in [-0.25, -0.2) is 0 Å². The van der Waals surface area contributed by atoms with E-state index in [-0.39, 0.29) is 0 Å². The zero-order valence-corrected chi connectivity index (χ0v) is 10.6. The molecule has 1 atom stereocenters. The first-order chi connectivity index (χ1) is 7.30. The Bertz CT molecular complexity index is 161. The Morgan fingerprint density at radius 3 is 2.67 bits per heavy atom. The summed E-state index contributed by atoms with van der Waals surface area (Å²) in [5.41, 5.74) is 0.